The van der Waals surface area contributed by atoms with E-state index in [1.54, 1.807) is 0 Å². The monoisotopic (exact) mass is 386 g/mol. The Balaban J connectivity index is 1.33. The molecule has 4 heteroatoms. The van der Waals surface area contributed by atoms with Crippen LogP contribution in [0.2, 0.25) is 0 Å². The number of hydrogen-bond acceptors (Lipinski definition) is 3. The van der Waals surface area contributed by atoms with E-state index in [2.05, 4.69) is 28.4 Å². The minimum atomic E-state index is -0.0586. The van der Waals surface area contributed by atoms with E-state index in [0.29, 0.717) is 18.7 Å². The number of benzene rings is 3. The Labute approximate surface area is 172 Å². The number of ether oxygens (including phenoxy) is 1. The fourth-order valence-corrected chi connectivity index (χ4v) is 3.64. The first-order valence-electron chi connectivity index (χ1n) is 10.2. The van der Waals surface area contributed by atoms with Crippen LogP contribution in [0.25, 0.3) is 0 Å². The molecule has 0 atom stereocenters. The summed E-state index contributed by atoms with van der Waals surface area (Å²) >= 11 is 0. The third-order valence-corrected chi connectivity index (χ3v) is 5.24. The molecule has 0 aliphatic carbocycles. The first-order chi connectivity index (χ1) is 14.3. The first-order valence-corrected chi connectivity index (χ1v) is 10.2. The van der Waals surface area contributed by atoms with Gasteiger partial charge >= 0.3 is 0 Å². The molecule has 1 amide bonds. The molecular weight excluding hydrogens is 360 g/mol. The van der Waals surface area contributed by atoms with Crippen molar-refractivity contribution < 1.29 is 9.53 Å². The van der Waals surface area contributed by atoms with Crippen LogP contribution >= 0.6 is 0 Å². The number of carbonyl (C=O) groups is 1. The number of hydrogen-bond donors (Lipinski definition) is 1. The maximum absolute atomic E-state index is 12.6. The van der Waals surface area contributed by atoms with Gasteiger partial charge in [-0.25, -0.2) is 0 Å². The van der Waals surface area contributed by atoms with Crippen LogP contribution in [0, 0.1) is 0 Å². The summed E-state index contributed by atoms with van der Waals surface area (Å²) in [6.45, 7) is 3.20. The average molecular weight is 386 g/mol. The number of carbonyl (C=O) groups excluding carboxylic acids is 1. The van der Waals surface area contributed by atoms with Gasteiger partial charge in [0.15, 0.2) is 0 Å². The molecule has 3 aromatic rings. The minimum Gasteiger partial charge on any atom is -0.489 e. The van der Waals surface area contributed by atoms with Crippen LogP contribution in [0.4, 0.5) is 5.69 Å². The molecule has 0 aromatic heterocycles. The molecule has 1 fully saturated rings. The quantitative estimate of drug-likeness (QED) is 0.634. The average Bonchev–Trinajstić information content (AvgIpc) is 3.32. The maximum atomic E-state index is 12.6. The van der Waals surface area contributed by atoms with E-state index in [0.717, 1.165) is 30.0 Å². The second-order valence-electron chi connectivity index (χ2n) is 7.30. The molecule has 0 spiro atoms. The fraction of sp³-hybridized carbons (Fsp3) is 0.240. The third-order valence-electron chi connectivity index (χ3n) is 5.24. The standard InChI is InChI=1S/C25H26N2O2/c28-25(26-18-22-8-4-5-11-24(22)27-16-6-7-17-27)21-14-12-20(13-15-21)19-29-23-9-2-1-3-10-23/h1-5,8-15H,6-7,16-19H2,(H,26,28). The number of nitrogens with zero attached hydrogens (tertiary/aromatic N) is 1. The van der Waals surface area contributed by atoms with E-state index >= 15 is 0 Å². The van der Waals surface area contributed by atoms with Crippen molar-refractivity contribution in [2.75, 3.05) is 18.0 Å². The summed E-state index contributed by atoms with van der Waals surface area (Å²) in [5.41, 5.74) is 4.09. The van der Waals surface area contributed by atoms with Crippen LogP contribution in [0.15, 0.2) is 78.9 Å². The molecule has 4 nitrogen and oxygen atoms in total. The van der Waals surface area contributed by atoms with E-state index in [1.807, 2.05) is 60.7 Å². The van der Waals surface area contributed by atoms with Crippen molar-refractivity contribution in [1.82, 2.24) is 5.32 Å². The van der Waals surface area contributed by atoms with Gasteiger partial charge in [-0.2, -0.15) is 0 Å². The molecule has 1 N–H and O–H groups in total. The van der Waals surface area contributed by atoms with Crippen molar-refractivity contribution in [2.45, 2.75) is 26.0 Å². The van der Waals surface area contributed by atoms with Crippen molar-refractivity contribution in [3.63, 3.8) is 0 Å². The largest absolute Gasteiger partial charge is 0.489 e. The highest BCUT2D eigenvalue weighted by Gasteiger charge is 2.15. The van der Waals surface area contributed by atoms with Gasteiger partial charge in [-0.1, -0.05) is 48.5 Å². The van der Waals surface area contributed by atoms with E-state index in [9.17, 15) is 4.79 Å². The second-order valence-corrected chi connectivity index (χ2v) is 7.30. The van der Waals surface area contributed by atoms with Gasteiger partial charge in [-0.05, 0) is 54.3 Å². The van der Waals surface area contributed by atoms with Gasteiger partial charge in [0.2, 0.25) is 0 Å². The van der Waals surface area contributed by atoms with E-state index in [-0.39, 0.29) is 5.91 Å². The molecule has 29 heavy (non-hydrogen) atoms. The zero-order chi connectivity index (χ0) is 19.9. The van der Waals surface area contributed by atoms with Crippen LogP contribution in [0.5, 0.6) is 5.75 Å². The second kappa shape index (κ2) is 9.28. The van der Waals surface area contributed by atoms with Crippen LogP contribution in [0.1, 0.15) is 34.3 Å². The summed E-state index contributed by atoms with van der Waals surface area (Å²) in [5.74, 6) is 0.780. The van der Waals surface area contributed by atoms with E-state index in [4.69, 9.17) is 4.74 Å². The molecule has 1 aliphatic rings. The Morgan fingerprint density at radius 1 is 0.862 bits per heavy atom. The number of rotatable bonds is 7. The van der Waals surface area contributed by atoms with Gasteiger partial charge < -0.3 is 15.0 Å². The molecule has 148 valence electrons. The smallest absolute Gasteiger partial charge is 0.251 e. The Morgan fingerprint density at radius 3 is 2.31 bits per heavy atom. The van der Waals surface area contributed by atoms with Crippen molar-refractivity contribution in [1.29, 1.82) is 0 Å². The van der Waals surface area contributed by atoms with Crippen molar-refractivity contribution in [3.8, 4) is 5.75 Å². The molecule has 1 heterocycles. The molecule has 4 rings (SSSR count). The zero-order valence-electron chi connectivity index (χ0n) is 16.5. The van der Waals surface area contributed by atoms with Gasteiger partial charge in [0.1, 0.15) is 12.4 Å². The highest BCUT2D eigenvalue weighted by atomic mass is 16.5. The summed E-state index contributed by atoms with van der Waals surface area (Å²) in [7, 11) is 0. The number of anilines is 1. The lowest BCUT2D eigenvalue weighted by Crippen LogP contribution is -2.25. The third kappa shape index (κ3) is 4.96. The minimum absolute atomic E-state index is 0.0586. The first kappa shape index (κ1) is 19.1. The van der Waals surface area contributed by atoms with Gasteiger partial charge in [-0.15, -0.1) is 0 Å². The SMILES string of the molecule is O=C(NCc1ccccc1N1CCCC1)c1ccc(COc2ccccc2)cc1. The van der Waals surface area contributed by atoms with Crippen molar-refractivity contribution in [2.24, 2.45) is 0 Å². The van der Waals surface area contributed by atoms with Gasteiger partial charge in [0.25, 0.3) is 5.91 Å². The van der Waals surface area contributed by atoms with Crippen LogP contribution in [-0.4, -0.2) is 19.0 Å². The van der Waals surface area contributed by atoms with Crippen molar-refractivity contribution in [3.05, 3.63) is 95.6 Å². The molecule has 0 unspecified atom stereocenters. The Morgan fingerprint density at radius 2 is 1.55 bits per heavy atom. The zero-order valence-corrected chi connectivity index (χ0v) is 16.5. The summed E-state index contributed by atoms with van der Waals surface area (Å²) in [6.07, 6.45) is 2.47. The molecular formula is C25H26N2O2. The van der Waals surface area contributed by atoms with Gasteiger partial charge in [-0.3, -0.25) is 4.79 Å². The Bertz CT molecular complexity index is 933. The normalized spacial score (nSPS) is 13.3. The maximum Gasteiger partial charge on any atom is 0.251 e. The predicted molar refractivity (Wildman–Crippen MR) is 116 cm³/mol. The summed E-state index contributed by atoms with van der Waals surface area (Å²) in [4.78, 5) is 15.0. The fourth-order valence-electron chi connectivity index (χ4n) is 3.64. The van der Waals surface area contributed by atoms with E-state index in [1.165, 1.54) is 18.5 Å². The molecule has 0 saturated carbocycles. The van der Waals surface area contributed by atoms with Crippen LogP contribution in [-0.2, 0) is 13.2 Å². The predicted octanol–water partition coefficient (Wildman–Crippen LogP) is 4.80. The van der Waals surface area contributed by atoms with Gasteiger partial charge in [0.05, 0.1) is 0 Å². The number of amides is 1. The highest BCUT2D eigenvalue weighted by Crippen LogP contribution is 2.24. The molecule has 0 radical (unpaired) electrons. The lowest BCUT2D eigenvalue weighted by atomic mass is 10.1. The summed E-state index contributed by atoms with van der Waals surface area (Å²) in [6, 6.07) is 25.6. The number of nitrogens with one attached hydrogen (secondary N) is 1. The Hall–Kier alpha value is -3.27. The van der Waals surface area contributed by atoms with Crippen LogP contribution in [0.3, 0.4) is 0 Å². The van der Waals surface area contributed by atoms with Gasteiger partial charge in [0, 0.05) is 30.9 Å². The lowest BCUT2D eigenvalue weighted by Gasteiger charge is -2.21. The number of para-hydroxylation sites is 2. The topological polar surface area (TPSA) is 41.6 Å². The molecule has 3 aromatic carbocycles. The van der Waals surface area contributed by atoms with Crippen LogP contribution < -0.4 is 15.0 Å². The molecule has 1 saturated heterocycles. The molecule has 1 aliphatic heterocycles. The Kier molecular flexibility index (Phi) is 6.10. The molecule has 0 bridgehead atoms. The summed E-state index contributed by atoms with van der Waals surface area (Å²) < 4.78 is 5.75. The lowest BCUT2D eigenvalue weighted by molar-refractivity contribution is 0.0951. The van der Waals surface area contributed by atoms with Crippen molar-refractivity contribution >= 4 is 11.6 Å². The highest BCUT2D eigenvalue weighted by molar-refractivity contribution is 5.94. The summed E-state index contributed by atoms with van der Waals surface area (Å²) in [5, 5.41) is 3.06. The van der Waals surface area contributed by atoms with E-state index < -0.39 is 0 Å².